The van der Waals surface area contributed by atoms with Gasteiger partial charge in [0.05, 0.1) is 6.54 Å². The summed E-state index contributed by atoms with van der Waals surface area (Å²) in [5, 5.41) is 16.0. The number of hydrogen-bond donors (Lipinski definition) is 4. The minimum Gasteiger partial charge on any atom is -0.480 e. The Hall–Kier alpha value is -1.14. The average molecular weight is 206 g/mol. The fourth-order valence-electron chi connectivity index (χ4n) is 0.497. The summed E-state index contributed by atoms with van der Waals surface area (Å²) >= 11 is 0. The molecule has 14 heavy (non-hydrogen) atoms. The summed E-state index contributed by atoms with van der Waals surface area (Å²) < 4.78 is 0. The molecule has 0 aliphatic carbocycles. The molecule has 0 spiro atoms. The Morgan fingerprint density at radius 1 is 1.36 bits per heavy atom. The SMILES string of the molecule is CCC(C)[C@@H](N)C(=O)O.NCC(=O)O. The lowest BCUT2D eigenvalue weighted by Crippen LogP contribution is -2.36. The van der Waals surface area contributed by atoms with E-state index in [0.717, 1.165) is 6.42 Å². The number of carboxylic acid groups (broad SMARTS) is 2. The minimum atomic E-state index is -0.968. The smallest absolute Gasteiger partial charge is 0.320 e. The van der Waals surface area contributed by atoms with E-state index in [-0.39, 0.29) is 12.5 Å². The van der Waals surface area contributed by atoms with Gasteiger partial charge in [-0.1, -0.05) is 20.3 Å². The molecule has 0 bridgehead atoms. The number of rotatable bonds is 4. The van der Waals surface area contributed by atoms with Crippen molar-refractivity contribution in [3.8, 4) is 0 Å². The van der Waals surface area contributed by atoms with Gasteiger partial charge < -0.3 is 21.7 Å². The Balaban J connectivity index is 0. The first-order chi connectivity index (χ1) is 6.36. The average Bonchev–Trinajstić information content (AvgIpc) is 2.16. The molecule has 0 rings (SSSR count). The molecule has 0 radical (unpaired) electrons. The monoisotopic (exact) mass is 206 g/mol. The van der Waals surface area contributed by atoms with E-state index >= 15 is 0 Å². The second-order valence-corrected chi connectivity index (χ2v) is 2.85. The van der Waals surface area contributed by atoms with Crippen LogP contribution in [-0.2, 0) is 9.59 Å². The maximum Gasteiger partial charge on any atom is 0.320 e. The summed E-state index contributed by atoms with van der Waals surface area (Å²) in [6.45, 7) is 3.48. The summed E-state index contributed by atoms with van der Waals surface area (Å²) in [5.41, 5.74) is 9.84. The lowest BCUT2D eigenvalue weighted by Gasteiger charge is -2.11. The van der Waals surface area contributed by atoms with Crippen LogP contribution in [0.5, 0.6) is 0 Å². The summed E-state index contributed by atoms with van der Waals surface area (Å²) in [6, 6.07) is -0.699. The van der Waals surface area contributed by atoms with Crippen LogP contribution in [0, 0.1) is 5.92 Å². The third kappa shape index (κ3) is 8.95. The lowest BCUT2D eigenvalue weighted by atomic mass is 10.0. The van der Waals surface area contributed by atoms with Gasteiger partial charge >= 0.3 is 11.9 Å². The highest BCUT2D eigenvalue weighted by Gasteiger charge is 2.17. The highest BCUT2D eigenvalue weighted by atomic mass is 16.4. The van der Waals surface area contributed by atoms with Gasteiger partial charge in [-0.25, -0.2) is 0 Å². The number of hydrogen-bond acceptors (Lipinski definition) is 4. The standard InChI is InChI=1S/C6H13NO2.C2H5NO2/c1-3-4(2)5(7)6(8)9;3-1-2(4)5/h4-5H,3,7H2,1-2H3,(H,8,9);1,3H2,(H,4,5)/t4?,5-;/m1./s1. The fourth-order valence-corrected chi connectivity index (χ4v) is 0.497. The Morgan fingerprint density at radius 2 is 1.71 bits per heavy atom. The van der Waals surface area contributed by atoms with Crippen LogP contribution < -0.4 is 11.5 Å². The molecule has 0 aliphatic rings. The van der Waals surface area contributed by atoms with Gasteiger partial charge in [-0.3, -0.25) is 9.59 Å². The lowest BCUT2D eigenvalue weighted by molar-refractivity contribution is -0.139. The molecule has 0 aromatic rings. The molecule has 6 N–H and O–H groups in total. The number of carboxylic acids is 2. The third-order valence-corrected chi connectivity index (χ3v) is 1.72. The second-order valence-electron chi connectivity index (χ2n) is 2.85. The van der Waals surface area contributed by atoms with Crippen molar-refractivity contribution in [3.05, 3.63) is 0 Å². The van der Waals surface area contributed by atoms with E-state index in [9.17, 15) is 9.59 Å². The molecule has 1 unspecified atom stereocenters. The number of aliphatic carboxylic acids is 2. The highest BCUT2D eigenvalue weighted by Crippen LogP contribution is 2.04. The van der Waals surface area contributed by atoms with Crippen molar-refractivity contribution < 1.29 is 19.8 Å². The van der Waals surface area contributed by atoms with Crippen LogP contribution in [0.1, 0.15) is 20.3 Å². The van der Waals surface area contributed by atoms with Crippen LogP contribution in [0.2, 0.25) is 0 Å². The van der Waals surface area contributed by atoms with Gasteiger partial charge in [-0.05, 0) is 5.92 Å². The van der Waals surface area contributed by atoms with Gasteiger partial charge in [0.15, 0.2) is 0 Å². The van der Waals surface area contributed by atoms with E-state index in [1.54, 1.807) is 0 Å². The molecule has 6 heteroatoms. The Kier molecular flexibility index (Phi) is 9.27. The maximum atomic E-state index is 10.2. The summed E-state index contributed by atoms with van der Waals surface area (Å²) in [7, 11) is 0. The molecule has 0 saturated carbocycles. The van der Waals surface area contributed by atoms with Crippen LogP contribution in [0.15, 0.2) is 0 Å². The zero-order chi connectivity index (χ0) is 11.7. The van der Waals surface area contributed by atoms with Gasteiger partial charge in [0.25, 0.3) is 0 Å². The molecular formula is C8H18N2O4. The zero-order valence-electron chi connectivity index (χ0n) is 8.43. The number of carbonyl (C=O) groups is 2. The molecule has 6 nitrogen and oxygen atoms in total. The van der Waals surface area contributed by atoms with Crippen LogP contribution in [-0.4, -0.2) is 34.7 Å². The van der Waals surface area contributed by atoms with Crippen LogP contribution in [0.3, 0.4) is 0 Å². The van der Waals surface area contributed by atoms with Crippen molar-refractivity contribution in [1.29, 1.82) is 0 Å². The Bertz CT molecular complexity index is 184. The first-order valence-electron chi connectivity index (χ1n) is 4.27. The molecule has 0 aliphatic heterocycles. The first kappa shape index (κ1) is 15.3. The molecule has 0 saturated heterocycles. The summed E-state index contributed by atoms with van der Waals surface area (Å²) in [5.74, 6) is -1.81. The van der Waals surface area contributed by atoms with E-state index < -0.39 is 18.0 Å². The van der Waals surface area contributed by atoms with Crippen molar-refractivity contribution in [2.75, 3.05) is 6.54 Å². The van der Waals surface area contributed by atoms with E-state index in [4.69, 9.17) is 15.9 Å². The normalized spacial score (nSPS) is 13.4. The second kappa shape index (κ2) is 8.46. The quantitative estimate of drug-likeness (QED) is 0.490. The Labute approximate surface area is 82.9 Å². The van der Waals surface area contributed by atoms with Gasteiger partial charge in [-0.15, -0.1) is 0 Å². The van der Waals surface area contributed by atoms with E-state index in [2.05, 4.69) is 5.73 Å². The molecule has 84 valence electrons. The van der Waals surface area contributed by atoms with Gasteiger partial charge in [0.2, 0.25) is 0 Å². The highest BCUT2D eigenvalue weighted by molar-refractivity contribution is 5.73. The maximum absolute atomic E-state index is 10.2. The van der Waals surface area contributed by atoms with Crippen LogP contribution in [0.25, 0.3) is 0 Å². The zero-order valence-corrected chi connectivity index (χ0v) is 8.43. The largest absolute Gasteiger partial charge is 0.480 e. The number of nitrogens with two attached hydrogens (primary N) is 2. The van der Waals surface area contributed by atoms with Crippen LogP contribution in [0.4, 0.5) is 0 Å². The van der Waals surface area contributed by atoms with Crippen molar-refractivity contribution >= 4 is 11.9 Å². The first-order valence-corrected chi connectivity index (χ1v) is 4.27. The molecule has 2 atom stereocenters. The summed E-state index contributed by atoms with van der Waals surface area (Å²) in [4.78, 5) is 19.4. The van der Waals surface area contributed by atoms with E-state index in [0.29, 0.717) is 0 Å². The molecule has 0 heterocycles. The topological polar surface area (TPSA) is 127 Å². The Morgan fingerprint density at radius 3 is 1.79 bits per heavy atom. The van der Waals surface area contributed by atoms with E-state index in [1.807, 2.05) is 13.8 Å². The van der Waals surface area contributed by atoms with Crippen molar-refractivity contribution in [2.45, 2.75) is 26.3 Å². The van der Waals surface area contributed by atoms with Crippen LogP contribution >= 0.6 is 0 Å². The minimum absolute atomic E-state index is 0.0718. The predicted molar refractivity (Wildman–Crippen MR) is 51.8 cm³/mol. The van der Waals surface area contributed by atoms with Gasteiger partial charge in [0, 0.05) is 0 Å². The van der Waals surface area contributed by atoms with Gasteiger partial charge in [-0.2, -0.15) is 0 Å². The molecule has 0 amide bonds. The molecule has 0 aromatic heterocycles. The molecular weight excluding hydrogens is 188 g/mol. The van der Waals surface area contributed by atoms with E-state index in [1.165, 1.54) is 0 Å². The fraction of sp³-hybridized carbons (Fsp3) is 0.750. The predicted octanol–water partition coefficient (Wildman–Crippen LogP) is -0.526. The van der Waals surface area contributed by atoms with Crippen molar-refractivity contribution in [1.82, 2.24) is 0 Å². The summed E-state index contributed by atoms with van der Waals surface area (Å²) in [6.07, 6.45) is 0.813. The molecule has 0 aromatic carbocycles. The molecule has 0 fully saturated rings. The third-order valence-electron chi connectivity index (χ3n) is 1.72. The van der Waals surface area contributed by atoms with Gasteiger partial charge in [0.1, 0.15) is 6.04 Å². The van der Waals surface area contributed by atoms with Crippen molar-refractivity contribution in [2.24, 2.45) is 17.4 Å². The van der Waals surface area contributed by atoms with Crippen molar-refractivity contribution in [3.63, 3.8) is 0 Å².